The van der Waals surface area contributed by atoms with Gasteiger partial charge in [0.2, 0.25) is 11.3 Å². The second-order valence-electron chi connectivity index (χ2n) is 20.5. The van der Waals surface area contributed by atoms with Crippen LogP contribution in [0.5, 0.6) is 0 Å². The zero-order valence-corrected chi connectivity index (χ0v) is 51.9. The van der Waals surface area contributed by atoms with E-state index in [1.807, 2.05) is 85.5 Å². The van der Waals surface area contributed by atoms with Crippen molar-refractivity contribution < 1.29 is 96.6 Å². The van der Waals surface area contributed by atoms with Gasteiger partial charge in [0, 0.05) is 65.6 Å². The number of phosphoric acid groups is 1. The largest absolute Gasteiger partial charge is 0.480 e. The number of hydrogen-bond acceptors (Lipinski definition) is 20. The summed E-state index contributed by atoms with van der Waals surface area (Å²) in [6, 6.07) is 19.7. The molecule has 3 aliphatic heterocycles. The van der Waals surface area contributed by atoms with E-state index in [9.17, 15) is 64.1 Å². The van der Waals surface area contributed by atoms with Gasteiger partial charge in [0.15, 0.2) is 23.8 Å². The van der Waals surface area contributed by atoms with Gasteiger partial charge in [-0.3, -0.25) is 23.0 Å². The van der Waals surface area contributed by atoms with Crippen molar-refractivity contribution in [3.8, 4) is 22.6 Å². The lowest BCUT2D eigenvalue weighted by molar-refractivity contribution is -0.121. The maximum Gasteiger partial charge on any atom is 0.480 e. The number of nitrogens with one attached hydrogen (secondary N) is 3. The van der Waals surface area contributed by atoms with Gasteiger partial charge in [-0.25, -0.2) is 38.0 Å². The van der Waals surface area contributed by atoms with Crippen molar-refractivity contribution in [2.24, 2.45) is 0 Å². The molecule has 0 radical (unpaired) electrons. The second kappa shape index (κ2) is 27.2. The van der Waals surface area contributed by atoms with E-state index in [1.54, 1.807) is 0 Å². The Balaban J connectivity index is 0.989. The Morgan fingerprint density at radius 1 is 0.932 bits per heavy atom. The summed E-state index contributed by atoms with van der Waals surface area (Å²) in [4.78, 5) is 78.9. The summed E-state index contributed by atoms with van der Waals surface area (Å²) in [6.45, 7) is 7.93. The van der Waals surface area contributed by atoms with Crippen LogP contribution in [0, 0.1) is 6.92 Å². The maximum absolute atomic E-state index is 13.5. The fourth-order valence-corrected chi connectivity index (χ4v) is 15.0. The average Bonchev–Trinajstić information content (AvgIpc) is 1.77. The molecule has 476 valence electrons. The van der Waals surface area contributed by atoms with Crippen molar-refractivity contribution >= 4 is 84.3 Å². The second-order valence-corrected chi connectivity index (χ2v) is 28.3. The lowest BCUT2D eigenvalue weighted by Crippen LogP contribution is -2.41. The van der Waals surface area contributed by atoms with Gasteiger partial charge >= 0.3 is 29.4 Å². The number of nitrogens with zero attached hydrogens (tertiary/aromatic N) is 6. The Labute approximate surface area is 504 Å². The maximum atomic E-state index is 13.5. The molecule has 0 bridgehead atoms. The van der Waals surface area contributed by atoms with Crippen molar-refractivity contribution in [1.82, 2.24) is 39.6 Å². The van der Waals surface area contributed by atoms with E-state index in [4.69, 9.17) is 33.9 Å². The molecule has 36 heteroatoms. The molecule has 2 aromatic carbocycles. The predicted molar refractivity (Wildman–Crippen MR) is 318 cm³/mol. The first-order valence-electron chi connectivity index (χ1n) is 27.1. The zero-order chi connectivity index (χ0) is 64.1. The Bertz CT molecular complexity index is 4080. The number of nitrogen functional groups attached to an aromatic ring is 1. The number of rotatable bonds is 26. The number of fused-ring (bicyclic) bond motifs is 3. The number of allylic oxidation sites excluding steroid dienone is 3. The fourth-order valence-electron chi connectivity index (χ4n) is 10.5. The van der Waals surface area contributed by atoms with Gasteiger partial charge in [0.1, 0.15) is 48.7 Å². The van der Waals surface area contributed by atoms with E-state index in [0.29, 0.717) is 28.5 Å². The Morgan fingerprint density at radius 2 is 1.65 bits per heavy atom. The summed E-state index contributed by atoms with van der Waals surface area (Å²) in [5.74, 6) is 0.128. The van der Waals surface area contributed by atoms with E-state index in [2.05, 4.69) is 48.3 Å². The Hall–Kier alpha value is -6.61. The summed E-state index contributed by atoms with van der Waals surface area (Å²) < 4.78 is 135. The normalized spacial score (nSPS) is 20.8. The molecule has 1 saturated heterocycles. The number of phosphoric ester groups is 1. The summed E-state index contributed by atoms with van der Waals surface area (Å²) in [5, 5.41) is 17.4. The number of carbonyl (C=O) groups excluding carboxylic acids is 2. The number of imidazole rings is 1. The van der Waals surface area contributed by atoms with Crippen LogP contribution in [0.4, 0.5) is 16.3 Å². The number of nitrogens with two attached hydrogens (primary N) is 1. The minimum absolute atomic E-state index is 0.0151. The highest BCUT2D eigenvalue weighted by Crippen LogP contribution is 2.61. The number of carbonyl (C=O) groups is 2. The monoisotopic (exact) mass is 1320 g/mol. The topological polar surface area (TPSA) is 457 Å². The number of alkyl carbamates (subject to hydrolysis) is 1. The van der Waals surface area contributed by atoms with Gasteiger partial charge in [-0.2, -0.15) is 21.1 Å². The number of aromatic nitrogens is 4. The van der Waals surface area contributed by atoms with E-state index in [0.717, 1.165) is 58.2 Å². The molecule has 3 unspecified atom stereocenters. The van der Waals surface area contributed by atoms with Crippen LogP contribution in [0.15, 0.2) is 107 Å². The quantitative estimate of drug-likeness (QED) is 0.0156. The van der Waals surface area contributed by atoms with Crippen LogP contribution in [0.25, 0.3) is 39.9 Å². The van der Waals surface area contributed by atoms with Gasteiger partial charge < -0.3 is 59.8 Å². The molecule has 2 amide bonds. The van der Waals surface area contributed by atoms with Crippen LogP contribution in [0.3, 0.4) is 0 Å². The third kappa shape index (κ3) is 16.2. The molecule has 1 fully saturated rings. The minimum Gasteiger partial charge on any atom is -0.456 e. The molecular weight excluding hydrogens is 1260 g/mol. The van der Waals surface area contributed by atoms with Crippen molar-refractivity contribution in [3.05, 3.63) is 119 Å². The fraction of sp³-hybridized carbons (Fsp3) is 0.385. The van der Waals surface area contributed by atoms with Crippen LogP contribution in [-0.2, 0) is 62.4 Å². The number of aliphatic hydroxyl groups is 1. The van der Waals surface area contributed by atoms with Crippen molar-refractivity contribution in [2.75, 3.05) is 55.7 Å². The highest BCUT2D eigenvalue weighted by molar-refractivity contribution is 7.86. The van der Waals surface area contributed by atoms with Gasteiger partial charge in [0.25, 0.3) is 20.2 Å². The number of hydrogen-bond donors (Lipinski definition) is 11. The lowest BCUT2D eigenvalue weighted by Gasteiger charge is -2.30. The summed E-state index contributed by atoms with van der Waals surface area (Å²) >= 11 is 0. The van der Waals surface area contributed by atoms with Crippen LogP contribution >= 0.6 is 23.3 Å². The zero-order valence-electron chi connectivity index (χ0n) is 47.6. The smallest absolute Gasteiger partial charge is 0.456 e. The number of anilines is 2. The first-order chi connectivity index (χ1) is 41.3. The minimum atomic E-state index is -5.67. The van der Waals surface area contributed by atoms with Gasteiger partial charge in [-0.05, 0) is 88.4 Å². The predicted octanol–water partition coefficient (Wildman–Crippen LogP) is 4.35. The van der Waals surface area contributed by atoms with E-state index in [-0.39, 0.29) is 62.3 Å². The molecule has 4 aliphatic rings. The standard InChI is InChI=1S/C52H65N10O21P3S2/c1-5-60(6-2)34-18-20-37-36(32(3)46(80-40(37)27-34)33-13-8-7-9-14-33)15-10-16-42-52(4,38-28-35(88(76,77)78)19-21-39(38)61(42)25-12-26-87(73,74)75)22-11-17-43(63)54-23-24-55-51(65)82-47-45(64)41(29-79-86(71,72)83-85(69,70)59-84(66,67)68)81-50(47)62-31-58-44-48(53)56-30-57-49(44)62/h7-10,13-16,18-21,27-28,30-31,41,45,47,50,64H,5-6,11-12,17,22-26,29H2,1-4H3,(H10-,53,54,55,56,57,59,63,65,66,67,68,69,70,71,72,73,74,75,76,77,78)/p+1/t41-,45-,47-,50-,52?/m1/s1. The van der Waals surface area contributed by atoms with Crippen LogP contribution in [0.1, 0.15) is 69.4 Å². The first kappa shape index (κ1) is 67.3. The van der Waals surface area contributed by atoms with E-state index >= 15 is 0 Å². The molecule has 88 heavy (non-hydrogen) atoms. The van der Waals surface area contributed by atoms with Crippen LogP contribution in [0.2, 0.25) is 0 Å². The van der Waals surface area contributed by atoms with Crippen molar-refractivity contribution in [2.45, 2.75) is 88.2 Å². The van der Waals surface area contributed by atoms with E-state index < -0.39 is 103 Å². The molecule has 2 aromatic heterocycles. The van der Waals surface area contributed by atoms with E-state index in [1.165, 1.54) is 22.8 Å². The molecular formula is C52H66N10O21P3S2+. The summed E-state index contributed by atoms with van der Waals surface area (Å²) in [7, 11) is -25.9. The lowest BCUT2D eigenvalue weighted by atomic mass is 9.77. The molecule has 8 rings (SSSR count). The Morgan fingerprint density at radius 3 is 2.33 bits per heavy atom. The van der Waals surface area contributed by atoms with Crippen molar-refractivity contribution in [1.29, 1.82) is 0 Å². The molecule has 31 nitrogen and oxygen atoms in total. The molecule has 5 heterocycles. The molecule has 4 aromatic rings. The molecule has 7 atom stereocenters. The summed E-state index contributed by atoms with van der Waals surface area (Å²) in [6.07, 6.45) is -0.0279. The Kier molecular flexibility index (Phi) is 20.8. The SMILES string of the molecule is CC[N+](CC)=c1ccc2c(/C=C/C=C3\N(CCCS(=O)(=O)O)c4ccc(S(=O)(=O)O)cc4C3(C)CCCC(=O)NCCNC(=O)O[C@@H]3[C@H](O)[C@@H](COP(=O)(O)OP(=O)(O)NP(=O)(O)O)O[C@H]3n3cnc4c(N)ncnc43)c(C)c(-c3ccccc3)oc-2c1. The third-order valence-corrected chi connectivity index (χ3v) is 20.5. The third-order valence-electron chi connectivity index (χ3n) is 14.6. The van der Waals surface area contributed by atoms with Gasteiger partial charge in [0.05, 0.1) is 29.6 Å². The van der Waals surface area contributed by atoms with Gasteiger partial charge in [-0.1, -0.05) is 42.5 Å². The van der Waals surface area contributed by atoms with Crippen LogP contribution < -0.4 is 36.1 Å². The molecule has 12 N–H and O–H groups in total. The number of aliphatic hydroxyl groups excluding tert-OH is 1. The number of ether oxygens (including phenoxy) is 2. The van der Waals surface area contributed by atoms with Gasteiger partial charge in [-0.15, -0.1) is 4.86 Å². The van der Waals surface area contributed by atoms with Crippen molar-refractivity contribution in [3.63, 3.8) is 0 Å². The average molecular weight is 1320 g/mol. The molecule has 0 saturated carbocycles. The highest BCUT2D eigenvalue weighted by Gasteiger charge is 2.50. The summed E-state index contributed by atoms with van der Waals surface area (Å²) in [5.41, 5.74) is 9.72. The number of benzene rings is 3. The number of amides is 2. The highest BCUT2D eigenvalue weighted by atomic mass is 32.2. The first-order valence-corrected chi connectivity index (χ1v) is 34.8. The molecule has 0 spiro atoms. The van der Waals surface area contributed by atoms with Crippen LogP contribution in [-0.4, -0.2) is 146 Å². The molecule has 1 aliphatic carbocycles.